The highest BCUT2D eigenvalue weighted by molar-refractivity contribution is 6.33. The number of benzene rings is 1. The number of methoxy groups -OCH3 is 2. The Morgan fingerprint density at radius 1 is 1.36 bits per heavy atom. The van der Waals surface area contributed by atoms with E-state index in [1.54, 1.807) is 24.4 Å². The summed E-state index contributed by atoms with van der Waals surface area (Å²) in [6, 6.07) is 1.71. The van der Waals surface area contributed by atoms with Gasteiger partial charge < -0.3 is 14.0 Å². The van der Waals surface area contributed by atoms with Gasteiger partial charge in [0, 0.05) is 25.0 Å². The first-order valence-corrected chi connectivity index (χ1v) is 6.98. The van der Waals surface area contributed by atoms with Crippen LogP contribution in [0.1, 0.15) is 27.3 Å². The number of rotatable bonds is 4. The van der Waals surface area contributed by atoms with Crippen molar-refractivity contribution in [1.29, 1.82) is 0 Å². The standard InChI is InChI=1S/C16H17ClN2O3/c1-10-9-12(21-3)14(16(20)22-4)11(15(10)17)5-6-13-18-7-8-19(13)2/h5-9H,1-4H3/b6-5+. The van der Waals surface area contributed by atoms with E-state index in [0.717, 1.165) is 11.4 Å². The summed E-state index contributed by atoms with van der Waals surface area (Å²) in [5.74, 6) is 0.666. The largest absolute Gasteiger partial charge is 0.496 e. The minimum Gasteiger partial charge on any atom is -0.496 e. The van der Waals surface area contributed by atoms with Crippen LogP contribution in [-0.4, -0.2) is 29.7 Å². The lowest BCUT2D eigenvalue weighted by Gasteiger charge is -2.13. The number of hydrogen-bond donors (Lipinski definition) is 0. The Morgan fingerprint density at radius 3 is 2.64 bits per heavy atom. The number of esters is 1. The minimum atomic E-state index is -0.502. The maximum Gasteiger partial charge on any atom is 0.342 e. The van der Waals surface area contributed by atoms with Gasteiger partial charge in [-0.3, -0.25) is 0 Å². The van der Waals surface area contributed by atoms with E-state index in [-0.39, 0.29) is 0 Å². The fourth-order valence-electron chi connectivity index (χ4n) is 2.11. The van der Waals surface area contributed by atoms with Crippen molar-refractivity contribution >= 4 is 29.7 Å². The molecule has 5 nitrogen and oxygen atoms in total. The number of carbonyl (C=O) groups is 1. The smallest absolute Gasteiger partial charge is 0.342 e. The van der Waals surface area contributed by atoms with Crippen molar-refractivity contribution in [2.45, 2.75) is 6.92 Å². The molecule has 2 aromatic rings. The molecule has 0 radical (unpaired) electrons. The van der Waals surface area contributed by atoms with Gasteiger partial charge in [-0.1, -0.05) is 11.6 Å². The van der Waals surface area contributed by atoms with Crippen molar-refractivity contribution < 1.29 is 14.3 Å². The Kier molecular flexibility index (Phi) is 4.88. The number of ether oxygens (including phenoxy) is 2. The van der Waals surface area contributed by atoms with Gasteiger partial charge in [0.2, 0.25) is 0 Å². The Labute approximate surface area is 134 Å². The van der Waals surface area contributed by atoms with Gasteiger partial charge in [-0.05, 0) is 30.7 Å². The predicted octanol–water partition coefficient (Wildman–Crippen LogP) is 3.35. The van der Waals surface area contributed by atoms with E-state index in [2.05, 4.69) is 4.98 Å². The topological polar surface area (TPSA) is 53.4 Å². The molecule has 116 valence electrons. The zero-order valence-corrected chi connectivity index (χ0v) is 13.6. The molecule has 0 N–H and O–H groups in total. The molecule has 0 spiro atoms. The summed E-state index contributed by atoms with van der Waals surface area (Å²) in [5.41, 5.74) is 1.66. The Morgan fingerprint density at radius 2 is 2.09 bits per heavy atom. The third-order valence-electron chi connectivity index (χ3n) is 3.31. The summed E-state index contributed by atoms with van der Waals surface area (Å²) < 4.78 is 12.0. The van der Waals surface area contributed by atoms with E-state index in [4.69, 9.17) is 21.1 Å². The molecule has 0 atom stereocenters. The SMILES string of the molecule is COC(=O)c1c(OC)cc(C)c(Cl)c1/C=C/c1nccn1C. The van der Waals surface area contributed by atoms with E-state index < -0.39 is 5.97 Å². The van der Waals surface area contributed by atoms with Crippen LogP contribution in [0.3, 0.4) is 0 Å². The first-order chi connectivity index (χ1) is 10.5. The Balaban J connectivity index is 2.62. The van der Waals surface area contributed by atoms with Crippen molar-refractivity contribution in [3.8, 4) is 5.75 Å². The highest BCUT2D eigenvalue weighted by atomic mass is 35.5. The van der Waals surface area contributed by atoms with E-state index in [1.165, 1.54) is 14.2 Å². The van der Waals surface area contributed by atoms with Crippen molar-refractivity contribution in [3.05, 3.63) is 46.0 Å². The fraction of sp³-hybridized carbons (Fsp3) is 0.250. The fourth-order valence-corrected chi connectivity index (χ4v) is 2.32. The second-order valence-corrected chi connectivity index (χ2v) is 5.10. The molecule has 0 unspecified atom stereocenters. The maximum absolute atomic E-state index is 12.1. The molecular weight excluding hydrogens is 304 g/mol. The average Bonchev–Trinajstić information content (AvgIpc) is 2.92. The molecule has 1 aromatic heterocycles. The molecule has 0 amide bonds. The average molecular weight is 321 g/mol. The summed E-state index contributed by atoms with van der Waals surface area (Å²) in [6.07, 6.45) is 7.05. The first-order valence-electron chi connectivity index (χ1n) is 6.60. The molecule has 0 saturated carbocycles. The van der Waals surface area contributed by atoms with Crippen LogP contribution in [0.5, 0.6) is 5.75 Å². The number of nitrogens with zero attached hydrogens (tertiary/aromatic N) is 2. The molecule has 1 aromatic carbocycles. The van der Waals surface area contributed by atoms with Crippen molar-refractivity contribution in [2.75, 3.05) is 14.2 Å². The van der Waals surface area contributed by atoms with Crippen LogP contribution in [0, 0.1) is 6.92 Å². The van der Waals surface area contributed by atoms with Crippen LogP contribution in [0.25, 0.3) is 12.2 Å². The molecule has 2 rings (SSSR count). The quantitative estimate of drug-likeness (QED) is 0.811. The number of aryl methyl sites for hydroxylation is 2. The molecule has 0 fully saturated rings. The predicted molar refractivity (Wildman–Crippen MR) is 86.2 cm³/mol. The Bertz CT molecular complexity index is 735. The van der Waals surface area contributed by atoms with Crippen molar-refractivity contribution in [2.24, 2.45) is 7.05 Å². The number of carbonyl (C=O) groups excluding carboxylic acids is 1. The van der Waals surface area contributed by atoms with Gasteiger partial charge in [-0.15, -0.1) is 0 Å². The molecule has 22 heavy (non-hydrogen) atoms. The molecule has 0 aliphatic heterocycles. The number of hydrogen-bond acceptors (Lipinski definition) is 4. The molecule has 0 aliphatic carbocycles. The van der Waals surface area contributed by atoms with Gasteiger partial charge in [-0.2, -0.15) is 0 Å². The molecule has 6 heteroatoms. The third kappa shape index (κ3) is 2.99. The molecule has 1 heterocycles. The van der Waals surface area contributed by atoms with Gasteiger partial charge >= 0.3 is 5.97 Å². The summed E-state index contributed by atoms with van der Waals surface area (Å²) in [5, 5.41) is 0.478. The second-order valence-electron chi connectivity index (χ2n) is 4.72. The first kappa shape index (κ1) is 16.1. The van der Waals surface area contributed by atoms with Crippen LogP contribution in [0.15, 0.2) is 18.5 Å². The van der Waals surface area contributed by atoms with Crippen molar-refractivity contribution in [1.82, 2.24) is 9.55 Å². The Hall–Kier alpha value is -2.27. The van der Waals surface area contributed by atoms with Crippen LogP contribution in [0.4, 0.5) is 0 Å². The molecule has 0 aliphatic rings. The van der Waals surface area contributed by atoms with E-state index in [0.29, 0.717) is 21.9 Å². The second kappa shape index (κ2) is 6.66. The molecular formula is C16H17ClN2O3. The van der Waals surface area contributed by atoms with Crippen LogP contribution in [-0.2, 0) is 11.8 Å². The summed E-state index contributed by atoms with van der Waals surface area (Å²) >= 11 is 6.37. The van der Waals surface area contributed by atoms with Gasteiger partial charge in [-0.25, -0.2) is 9.78 Å². The lowest BCUT2D eigenvalue weighted by molar-refractivity contribution is 0.0597. The highest BCUT2D eigenvalue weighted by Crippen LogP contribution is 2.34. The zero-order chi connectivity index (χ0) is 16.3. The van der Waals surface area contributed by atoms with Gasteiger partial charge in [0.05, 0.1) is 19.2 Å². The van der Waals surface area contributed by atoms with Crippen LogP contribution >= 0.6 is 11.6 Å². The van der Waals surface area contributed by atoms with Crippen LogP contribution < -0.4 is 4.74 Å². The molecule has 0 bridgehead atoms. The summed E-state index contributed by atoms with van der Waals surface area (Å²) in [6.45, 7) is 1.85. The van der Waals surface area contributed by atoms with E-state index in [9.17, 15) is 4.79 Å². The van der Waals surface area contributed by atoms with E-state index in [1.807, 2.05) is 24.7 Å². The normalized spacial score (nSPS) is 11.0. The third-order valence-corrected chi connectivity index (χ3v) is 3.81. The number of halogens is 1. The summed E-state index contributed by atoms with van der Waals surface area (Å²) in [4.78, 5) is 16.3. The van der Waals surface area contributed by atoms with Gasteiger partial charge in [0.25, 0.3) is 0 Å². The molecule has 0 saturated heterocycles. The lowest BCUT2D eigenvalue weighted by Crippen LogP contribution is -2.08. The maximum atomic E-state index is 12.1. The zero-order valence-electron chi connectivity index (χ0n) is 12.9. The highest BCUT2D eigenvalue weighted by Gasteiger charge is 2.21. The van der Waals surface area contributed by atoms with Crippen LogP contribution in [0.2, 0.25) is 5.02 Å². The number of imidazole rings is 1. The van der Waals surface area contributed by atoms with Crippen molar-refractivity contribution in [3.63, 3.8) is 0 Å². The minimum absolute atomic E-state index is 0.297. The van der Waals surface area contributed by atoms with Gasteiger partial charge in [0.1, 0.15) is 17.1 Å². The van der Waals surface area contributed by atoms with E-state index >= 15 is 0 Å². The number of aromatic nitrogens is 2. The summed E-state index contributed by atoms with van der Waals surface area (Å²) in [7, 11) is 4.70. The monoisotopic (exact) mass is 320 g/mol. The lowest BCUT2D eigenvalue weighted by atomic mass is 10.0. The van der Waals surface area contributed by atoms with Gasteiger partial charge in [0.15, 0.2) is 0 Å².